The molecule has 0 saturated carbocycles. The summed E-state index contributed by atoms with van der Waals surface area (Å²) in [5, 5.41) is 0. The lowest BCUT2D eigenvalue weighted by Gasteiger charge is -2.18. The van der Waals surface area contributed by atoms with E-state index in [4.69, 9.17) is 4.74 Å². The average molecular weight is 305 g/mol. The van der Waals surface area contributed by atoms with Crippen molar-refractivity contribution >= 4 is 5.97 Å². The van der Waals surface area contributed by atoms with Crippen molar-refractivity contribution in [3.05, 3.63) is 96.9 Å². The summed E-state index contributed by atoms with van der Waals surface area (Å²) in [6.07, 6.45) is 7.23. The predicted molar refractivity (Wildman–Crippen MR) is 92.3 cm³/mol. The van der Waals surface area contributed by atoms with Crippen LogP contribution in [0.3, 0.4) is 0 Å². The van der Waals surface area contributed by atoms with Gasteiger partial charge in [-0.25, -0.2) is 0 Å². The quantitative estimate of drug-likeness (QED) is 0.450. The molecule has 0 spiro atoms. The molecule has 2 rings (SSSR count). The Morgan fingerprint density at radius 2 is 1.91 bits per heavy atom. The van der Waals surface area contributed by atoms with Gasteiger partial charge in [-0.05, 0) is 35.4 Å². The monoisotopic (exact) mass is 305 g/mol. The molecular formula is C20H19NO2. The Balaban J connectivity index is 2.45. The maximum atomic E-state index is 11.0. The number of carbonyl (C=O) groups excluding carboxylic acids is 1. The standard InChI is InChI=1S/C20H19NO2/c1-4-8-16(5-2)20(19-9-6-7-14-21-19)17-10-12-18(13-11-17)23-15(3)22/h4-14,20H,1-2H2,3H3. The van der Waals surface area contributed by atoms with Crippen LogP contribution >= 0.6 is 0 Å². The van der Waals surface area contributed by atoms with E-state index in [1.165, 1.54) is 6.92 Å². The fourth-order valence-electron chi connectivity index (χ4n) is 2.39. The molecule has 0 N–H and O–H groups in total. The van der Waals surface area contributed by atoms with Crippen LogP contribution < -0.4 is 4.74 Å². The van der Waals surface area contributed by atoms with Crippen LogP contribution in [0.25, 0.3) is 0 Å². The van der Waals surface area contributed by atoms with E-state index in [1.807, 2.05) is 36.4 Å². The van der Waals surface area contributed by atoms with Gasteiger partial charge in [0.2, 0.25) is 0 Å². The number of rotatable bonds is 6. The molecule has 1 aromatic heterocycles. The number of aromatic nitrogens is 1. The van der Waals surface area contributed by atoms with E-state index < -0.39 is 0 Å². The topological polar surface area (TPSA) is 39.2 Å². The second kappa shape index (κ2) is 7.90. The maximum absolute atomic E-state index is 11.0. The number of benzene rings is 1. The molecule has 0 fully saturated rings. The molecule has 1 atom stereocenters. The van der Waals surface area contributed by atoms with Gasteiger partial charge in [-0.3, -0.25) is 9.78 Å². The third-order valence-electron chi connectivity index (χ3n) is 3.34. The summed E-state index contributed by atoms with van der Waals surface area (Å²) in [5.74, 6) is 0.129. The van der Waals surface area contributed by atoms with Crippen LogP contribution in [0.2, 0.25) is 0 Å². The van der Waals surface area contributed by atoms with Gasteiger partial charge in [-0.15, -0.1) is 0 Å². The van der Waals surface area contributed by atoms with Crippen molar-refractivity contribution in [1.29, 1.82) is 0 Å². The summed E-state index contributed by atoms with van der Waals surface area (Å²) in [6.45, 7) is 9.04. The first kappa shape index (κ1) is 16.4. The minimum absolute atomic E-state index is 0.0573. The lowest BCUT2D eigenvalue weighted by atomic mass is 9.87. The van der Waals surface area contributed by atoms with E-state index in [1.54, 1.807) is 30.5 Å². The van der Waals surface area contributed by atoms with Gasteiger partial charge >= 0.3 is 5.97 Å². The van der Waals surface area contributed by atoms with Crippen molar-refractivity contribution in [2.45, 2.75) is 12.8 Å². The normalized spacial score (nSPS) is 12.3. The Hall–Kier alpha value is -2.94. The smallest absolute Gasteiger partial charge is 0.308 e. The highest BCUT2D eigenvalue weighted by Crippen LogP contribution is 2.32. The molecule has 1 heterocycles. The number of hydrogen-bond donors (Lipinski definition) is 0. The molecule has 116 valence electrons. The molecule has 2 aromatic rings. The third kappa shape index (κ3) is 4.27. The van der Waals surface area contributed by atoms with Crippen LogP contribution in [-0.2, 0) is 4.79 Å². The average Bonchev–Trinajstić information content (AvgIpc) is 2.56. The number of hydrogen-bond acceptors (Lipinski definition) is 3. The zero-order valence-electron chi connectivity index (χ0n) is 13.1. The summed E-state index contributed by atoms with van der Waals surface area (Å²) in [4.78, 5) is 15.5. The Morgan fingerprint density at radius 3 is 2.43 bits per heavy atom. The van der Waals surface area contributed by atoms with Gasteiger partial charge in [0, 0.05) is 13.1 Å². The van der Waals surface area contributed by atoms with E-state index in [-0.39, 0.29) is 11.9 Å². The molecule has 0 bridgehead atoms. The van der Waals surface area contributed by atoms with Crippen LogP contribution in [0.4, 0.5) is 0 Å². The Morgan fingerprint density at radius 1 is 1.17 bits per heavy atom. The number of pyridine rings is 1. The van der Waals surface area contributed by atoms with E-state index in [2.05, 4.69) is 18.1 Å². The summed E-state index contributed by atoms with van der Waals surface area (Å²) in [6, 6.07) is 13.2. The second-order valence-corrected chi connectivity index (χ2v) is 4.96. The molecule has 0 aliphatic heterocycles. The molecule has 1 unspecified atom stereocenters. The van der Waals surface area contributed by atoms with Crippen LogP contribution in [0, 0.1) is 0 Å². The molecule has 3 heteroatoms. The molecule has 0 amide bonds. The molecule has 0 aliphatic carbocycles. The van der Waals surface area contributed by atoms with Gasteiger partial charge in [0.25, 0.3) is 0 Å². The van der Waals surface area contributed by atoms with Gasteiger partial charge in [0.1, 0.15) is 5.75 Å². The largest absolute Gasteiger partial charge is 0.427 e. The third-order valence-corrected chi connectivity index (χ3v) is 3.34. The van der Waals surface area contributed by atoms with Gasteiger partial charge in [0.05, 0.1) is 11.6 Å². The molecule has 0 radical (unpaired) electrons. The van der Waals surface area contributed by atoms with Crippen molar-refractivity contribution < 1.29 is 9.53 Å². The Labute approximate surface area is 136 Å². The first-order valence-electron chi connectivity index (χ1n) is 7.30. The van der Waals surface area contributed by atoms with Crippen molar-refractivity contribution in [3.8, 4) is 5.75 Å². The van der Waals surface area contributed by atoms with E-state index in [0.29, 0.717) is 5.75 Å². The molecule has 23 heavy (non-hydrogen) atoms. The van der Waals surface area contributed by atoms with E-state index in [0.717, 1.165) is 16.8 Å². The van der Waals surface area contributed by atoms with Gasteiger partial charge in [0.15, 0.2) is 0 Å². The van der Waals surface area contributed by atoms with Gasteiger partial charge in [-0.1, -0.05) is 49.6 Å². The lowest BCUT2D eigenvalue weighted by molar-refractivity contribution is -0.131. The molecule has 0 saturated heterocycles. The van der Waals surface area contributed by atoms with Crippen molar-refractivity contribution in [2.75, 3.05) is 0 Å². The minimum Gasteiger partial charge on any atom is -0.427 e. The van der Waals surface area contributed by atoms with Crippen molar-refractivity contribution in [2.24, 2.45) is 0 Å². The van der Waals surface area contributed by atoms with Crippen molar-refractivity contribution in [3.63, 3.8) is 0 Å². The van der Waals surface area contributed by atoms with Crippen LogP contribution in [0.1, 0.15) is 24.1 Å². The highest BCUT2D eigenvalue weighted by Gasteiger charge is 2.18. The number of ether oxygens (including phenoxy) is 1. The first-order chi connectivity index (χ1) is 11.2. The Bertz CT molecular complexity index is 715. The lowest BCUT2D eigenvalue weighted by Crippen LogP contribution is -2.06. The van der Waals surface area contributed by atoms with Crippen LogP contribution in [0.5, 0.6) is 5.75 Å². The fourth-order valence-corrected chi connectivity index (χ4v) is 2.39. The summed E-state index contributed by atoms with van der Waals surface area (Å²) in [7, 11) is 0. The van der Waals surface area contributed by atoms with E-state index >= 15 is 0 Å². The minimum atomic E-state index is -0.336. The number of nitrogens with zero attached hydrogens (tertiary/aromatic N) is 1. The van der Waals surface area contributed by atoms with E-state index in [9.17, 15) is 4.79 Å². The molecule has 0 aliphatic rings. The fraction of sp³-hybridized carbons (Fsp3) is 0.100. The van der Waals surface area contributed by atoms with Crippen LogP contribution in [0.15, 0.2) is 85.6 Å². The highest BCUT2D eigenvalue weighted by atomic mass is 16.5. The second-order valence-electron chi connectivity index (χ2n) is 4.96. The zero-order valence-corrected chi connectivity index (χ0v) is 13.1. The van der Waals surface area contributed by atoms with Gasteiger partial charge < -0.3 is 4.74 Å². The summed E-state index contributed by atoms with van der Waals surface area (Å²) >= 11 is 0. The maximum Gasteiger partial charge on any atom is 0.308 e. The van der Waals surface area contributed by atoms with Crippen LogP contribution in [-0.4, -0.2) is 11.0 Å². The molecular weight excluding hydrogens is 286 g/mol. The highest BCUT2D eigenvalue weighted by molar-refractivity contribution is 5.69. The molecule has 1 aromatic carbocycles. The molecule has 3 nitrogen and oxygen atoms in total. The number of allylic oxidation sites excluding steroid dienone is 4. The summed E-state index contributed by atoms with van der Waals surface area (Å²) < 4.78 is 5.08. The Kier molecular flexibility index (Phi) is 5.64. The SMILES string of the molecule is C=CC=C(C=C)C(c1ccc(OC(C)=O)cc1)c1ccccn1. The predicted octanol–water partition coefficient (Wildman–Crippen LogP) is 4.44. The first-order valence-corrected chi connectivity index (χ1v) is 7.30. The zero-order chi connectivity index (χ0) is 16.7. The summed E-state index contributed by atoms with van der Waals surface area (Å²) in [5.41, 5.74) is 2.95. The number of carbonyl (C=O) groups is 1. The number of esters is 1. The van der Waals surface area contributed by atoms with Gasteiger partial charge in [-0.2, -0.15) is 0 Å². The van der Waals surface area contributed by atoms with Crippen molar-refractivity contribution in [1.82, 2.24) is 4.98 Å².